The number of hydrogen-bond donors (Lipinski definition) is 1. The Morgan fingerprint density at radius 2 is 1.73 bits per heavy atom. The smallest absolute Gasteiger partial charge is 0.0771 e. The van der Waals surface area contributed by atoms with Gasteiger partial charge in [0.05, 0.1) is 4.99 Å². The first-order chi connectivity index (χ1) is 7.17. The standard InChI is InChI=1S/C12H18N2S/c1-3-14(4-2)11-7-5-10(6-8-11)9-12(13)15/h5-8H,3-4,9H2,1-2H3,(H2,13,15). The molecule has 0 aliphatic heterocycles. The summed E-state index contributed by atoms with van der Waals surface area (Å²) in [6.07, 6.45) is 0.688. The Balaban J connectivity index is 2.75. The quantitative estimate of drug-likeness (QED) is 0.776. The molecule has 2 N–H and O–H groups in total. The maximum Gasteiger partial charge on any atom is 0.0771 e. The SMILES string of the molecule is CCN(CC)c1ccc(CC(N)=S)cc1. The van der Waals surface area contributed by atoms with Crippen LogP contribution < -0.4 is 10.6 Å². The molecule has 15 heavy (non-hydrogen) atoms. The lowest BCUT2D eigenvalue weighted by Crippen LogP contribution is -2.21. The maximum atomic E-state index is 5.50. The van der Waals surface area contributed by atoms with Crippen LogP contribution in [0.2, 0.25) is 0 Å². The van der Waals surface area contributed by atoms with Crippen LogP contribution in [0, 0.1) is 0 Å². The molecule has 0 saturated heterocycles. The summed E-state index contributed by atoms with van der Waals surface area (Å²) < 4.78 is 0. The van der Waals surface area contributed by atoms with Gasteiger partial charge in [-0.05, 0) is 31.5 Å². The van der Waals surface area contributed by atoms with Crippen molar-refractivity contribution in [1.29, 1.82) is 0 Å². The number of nitrogens with two attached hydrogens (primary N) is 1. The summed E-state index contributed by atoms with van der Waals surface area (Å²) in [6, 6.07) is 8.43. The predicted octanol–water partition coefficient (Wildman–Crippen LogP) is 2.36. The minimum absolute atomic E-state index is 0.547. The summed E-state index contributed by atoms with van der Waals surface area (Å²) in [5, 5.41) is 0. The molecule has 0 bridgehead atoms. The van der Waals surface area contributed by atoms with Crippen molar-refractivity contribution in [3.8, 4) is 0 Å². The Morgan fingerprint density at radius 3 is 2.13 bits per heavy atom. The first-order valence-electron chi connectivity index (χ1n) is 5.29. The molecule has 0 aliphatic rings. The van der Waals surface area contributed by atoms with Crippen molar-refractivity contribution in [2.24, 2.45) is 5.73 Å². The third-order valence-corrected chi connectivity index (χ3v) is 2.59. The summed E-state index contributed by atoms with van der Waals surface area (Å²) in [6.45, 7) is 6.38. The van der Waals surface area contributed by atoms with E-state index in [2.05, 4.69) is 43.0 Å². The molecule has 0 aliphatic carbocycles. The largest absolute Gasteiger partial charge is 0.393 e. The average molecular weight is 222 g/mol. The van der Waals surface area contributed by atoms with Gasteiger partial charge >= 0.3 is 0 Å². The number of anilines is 1. The zero-order valence-corrected chi connectivity index (χ0v) is 10.2. The van der Waals surface area contributed by atoms with Gasteiger partial charge in [0, 0.05) is 25.2 Å². The number of rotatable bonds is 5. The summed E-state index contributed by atoms with van der Waals surface area (Å²) in [5.41, 5.74) is 7.93. The number of benzene rings is 1. The molecule has 1 aromatic rings. The molecule has 1 aromatic carbocycles. The highest BCUT2D eigenvalue weighted by Gasteiger charge is 2.01. The van der Waals surface area contributed by atoms with E-state index in [0.717, 1.165) is 13.1 Å². The first kappa shape index (κ1) is 12.0. The third kappa shape index (κ3) is 3.51. The number of nitrogens with zero attached hydrogens (tertiary/aromatic N) is 1. The van der Waals surface area contributed by atoms with E-state index >= 15 is 0 Å². The highest BCUT2D eigenvalue weighted by Crippen LogP contribution is 2.15. The van der Waals surface area contributed by atoms with Crippen LogP contribution >= 0.6 is 12.2 Å². The highest BCUT2D eigenvalue weighted by atomic mass is 32.1. The van der Waals surface area contributed by atoms with Crippen LogP contribution in [0.15, 0.2) is 24.3 Å². The van der Waals surface area contributed by atoms with Crippen LogP contribution in [0.5, 0.6) is 0 Å². The molecule has 0 amide bonds. The molecule has 0 saturated carbocycles. The molecule has 0 atom stereocenters. The Hall–Kier alpha value is -1.09. The van der Waals surface area contributed by atoms with Crippen LogP contribution in [-0.2, 0) is 6.42 Å². The monoisotopic (exact) mass is 222 g/mol. The maximum absolute atomic E-state index is 5.50. The van der Waals surface area contributed by atoms with Gasteiger partial charge < -0.3 is 10.6 Å². The molecule has 0 fully saturated rings. The lowest BCUT2D eigenvalue weighted by Gasteiger charge is -2.21. The second-order valence-corrected chi connectivity index (χ2v) is 4.01. The third-order valence-electron chi connectivity index (χ3n) is 2.44. The Labute approximate surface area is 97.1 Å². The van der Waals surface area contributed by atoms with E-state index in [1.54, 1.807) is 0 Å². The van der Waals surface area contributed by atoms with Gasteiger partial charge in [-0.3, -0.25) is 0 Å². The zero-order valence-electron chi connectivity index (χ0n) is 9.36. The van der Waals surface area contributed by atoms with Crippen molar-refractivity contribution in [2.75, 3.05) is 18.0 Å². The van der Waals surface area contributed by atoms with Gasteiger partial charge in [-0.1, -0.05) is 24.4 Å². The van der Waals surface area contributed by atoms with Gasteiger partial charge in [0.2, 0.25) is 0 Å². The fourth-order valence-corrected chi connectivity index (χ4v) is 1.78. The zero-order chi connectivity index (χ0) is 11.3. The van der Waals surface area contributed by atoms with Gasteiger partial charge in [0.15, 0.2) is 0 Å². The Bertz CT molecular complexity index is 315. The van der Waals surface area contributed by atoms with Crippen LogP contribution in [-0.4, -0.2) is 18.1 Å². The molecule has 0 spiro atoms. The summed E-state index contributed by atoms with van der Waals surface area (Å²) >= 11 is 4.87. The van der Waals surface area contributed by atoms with E-state index in [0.29, 0.717) is 11.4 Å². The second kappa shape index (κ2) is 5.71. The van der Waals surface area contributed by atoms with Crippen molar-refractivity contribution < 1.29 is 0 Å². The van der Waals surface area contributed by atoms with Crippen molar-refractivity contribution in [2.45, 2.75) is 20.3 Å². The van der Waals surface area contributed by atoms with Gasteiger partial charge in [0.1, 0.15) is 0 Å². The molecule has 82 valence electrons. The Kier molecular flexibility index (Phi) is 4.56. The van der Waals surface area contributed by atoms with Crippen LogP contribution in [0.1, 0.15) is 19.4 Å². The summed E-state index contributed by atoms with van der Waals surface area (Å²) in [5.74, 6) is 0. The normalized spacial score (nSPS) is 10.0. The molecule has 0 heterocycles. The Morgan fingerprint density at radius 1 is 1.20 bits per heavy atom. The average Bonchev–Trinajstić information content (AvgIpc) is 2.21. The predicted molar refractivity (Wildman–Crippen MR) is 70.5 cm³/mol. The van der Waals surface area contributed by atoms with Gasteiger partial charge in [-0.2, -0.15) is 0 Å². The van der Waals surface area contributed by atoms with Crippen LogP contribution in [0.3, 0.4) is 0 Å². The van der Waals surface area contributed by atoms with Crippen molar-refractivity contribution in [3.63, 3.8) is 0 Å². The molecule has 3 heteroatoms. The first-order valence-corrected chi connectivity index (χ1v) is 5.70. The van der Waals surface area contributed by atoms with E-state index < -0.39 is 0 Å². The van der Waals surface area contributed by atoms with Crippen LogP contribution in [0.25, 0.3) is 0 Å². The minimum atomic E-state index is 0.547. The van der Waals surface area contributed by atoms with Crippen molar-refractivity contribution >= 4 is 22.9 Å². The minimum Gasteiger partial charge on any atom is -0.393 e. The van der Waals surface area contributed by atoms with Crippen LogP contribution in [0.4, 0.5) is 5.69 Å². The van der Waals surface area contributed by atoms with Gasteiger partial charge in [0.25, 0.3) is 0 Å². The van der Waals surface area contributed by atoms with Crippen molar-refractivity contribution in [3.05, 3.63) is 29.8 Å². The van der Waals surface area contributed by atoms with Gasteiger partial charge in [-0.25, -0.2) is 0 Å². The molecule has 0 aromatic heterocycles. The highest BCUT2D eigenvalue weighted by molar-refractivity contribution is 7.80. The summed E-state index contributed by atoms with van der Waals surface area (Å²) in [7, 11) is 0. The fraction of sp³-hybridized carbons (Fsp3) is 0.417. The van der Waals surface area contributed by atoms with E-state index in [-0.39, 0.29) is 0 Å². The summed E-state index contributed by atoms with van der Waals surface area (Å²) in [4.78, 5) is 2.86. The molecule has 1 rings (SSSR count). The van der Waals surface area contributed by atoms with E-state index in [1.807, 2.05) is 0 Å². The van der Waals surface area contributed by atoms with E-state index in [9.17, 15) is 0 Å². The number of thiocarbonyl (C=S) groups is 1. The molecular formula is C12H18N2S. The topological polar surface area (TPSA) is 29.3 Å². The molecule has 0 unspecified atom stereocenters. The lowest BCUT2D eigenvalue weighted by atomic mass is 10.1. The molecule has 2 nitrogen and oxygen atoms in total. The second-order valence-electron chi connectivity index (χ2n) is 3.48. The van der Waals surface area contributed by atoms with Crippen molar-refractivity contribution in [1.82, 2.24) is 0 Å². The van der Waals surface area contributed by atoms with E-state index in [1.165, 1.54) is 11.3 Å². The lowest BCUT2D eigenvalue weighted by molar-refractivity contribution is 0.866. The van der Waals surface area contributed by atoms with E-state index in [4.69, 9.17) is 18.0 Å². The molecule has 0 radical (unpaired) electrons. The molecular weight excluding hydrogens is 204 g/mol. The van der Waals surface area contributed by atoms with Gasteiger partial charge in [-0.15, -0.1) is 0 Å². The fourth-order valence-electron chi connectivity index (χ4n) is 1.61. The number of hydrogen-bond acceptors (Lipinski definition) is 2.